The number of carbonyl (C=O) groups excluding carboxylic acids is 2. The number of amides is 2. The second-order valence-electron chi connectivity index (χ2n) is 7.12. The quantitative estimate of drug-likeness (QED) is 0.416. The van der Waals surface area contributed by atoms with Gasteiger partial charge in [0.05, 0.1) is 5.69 Å². The van der Waals surface area contributed by atoms with Crippen molar-refractivity contribution in [1.29, 1.82) is 0 Å². The first kappa shape index (κ1) is 19.1. The lowest BCUT2D eigenvalue weighted by Crippen LogP contribution is -2.54. The molecule has 144 valence electrons. The highest BCUT2D eigenvalue weighted by Crippen LogP contribution is 2.29. The van der Waals surface area contributed by atoms with Gasteiger partial charge in [-0.05, 0) is 67.0 Å². The van der Waals surface area contributed by atoms with Crippen molar-refractivity contribution < 1.29 is 9.59 Å². The van der Waals surface area contributed by atoms with Gasteiger partial charge in [0.15, 0.2) is 5.11 Å². The Kier molecular flexibility index (Phi) is 5.46. The Labute approximate surface area is 177 Å². The molecule has 1 aromatic heterocycles. The number of nitrogens with one attached hydrogen (secondary N) is 1. The Morgan fingerprint density at radius 1 is 1.07 bits per heavy atom. The number of hydrogen-bond acceptors (Lipinski definition) is 3. The molecule has 2 aromatic rings. The summed E-state index contributed by atoms with van der Waals surface area (Å²) in [5.41, 5.74) is 1.54. The van der Waals surface area contributed by atoms with Crippen LogP contribution < -0.4 is 10.2 Å². The highest BCUT2D eigenvalue weighted by molar-refractivity contribution is 9.10. The lowest BCUT2D eigenvalue weighted by Gasteiger charge is -2.28. The van der Waals surface area contributed by atoms with Gasteiger partial charge in [-0.15, -0.1) is 0 Å². The summed E-state index contributed by atoms with van der Waals surface area (Å²) in [6, 6.07) is 9.67. The van der Waals surface area contributed by atoms with Crippen LogP contribution >= 0.6 is 28.1 Å². The Morgan fingerprint density at radius 3 is 2.50 bits per heavy atom. The van der Waals surface area contributed by atoms with E-state index in [1.807, 2.05) is 30.6 Å². The molecule has 0 bridgehead atoms. The van der Waals surface area contributed by atoms with Crippen LogP contribution in [0.4, 0.5) is 5.69 Å². The standard InChI is InChI=1S/C21H20BrN3O2S/c22-15-6-8-17(9-7-15)25-20(27)18(19(26)23-21(25)28)12-14-10-11-24(13-14)16-4-2-1-3-5-16/h6-13,16H,1-5H2,(H,23,26,28)/b18-12-. The molecule has 28 heavy (non-hydrogen) atoms. The summed E-state index contributed by atoms with van der Waals surface area (Å²) in [5.74, 6) is -0.879. The number of nitrogens with zero attached hydrogens (tertiary/aromatic N) is 2. The molecule has 0 unspecified atom stereocenters. The molecule has 0 spiro atoms. The van der Waals surface area contributed by atoms with E-state index < -0.39 is 11.8 Å². The second-order valence-corrected chi connectivity index (χ2v) is 8.42. The van der Waals surface area contributed by atoms with Crippen LogP contribution in [0.1, 0.15) is 43.7 Å². The number of hydrogen-bond donors (Lipinski definition) is 1. The van der Waals surface area contributed by atoms with Crippen LogP contribution in [0.5, 0.6) is 0 Å². The number of halogens is 1. The number of aromatic nitrogens is 1. The van der Waals surface area contributed by atoms with Crippen LogP contribution in [0.2, 0.25) is 0 Å². The third-order valence-corrected chi connectivity index (χ3v) is 6.04. The van der Waals surface area contributed by atoms with Gasteiger partial charge in [0.2, 0.25) is 0 Å². The molecule has 2 amide bonds. The van der Waals surface area contributed by atoms with E-state index in [9.17, 15) is 9.59 Å². The van der Waals surface area contributed by atoms with Crippen molar-refractivity contribution in [1.82, 2.24) is 9.88 Å². The van der Waals surface area contributed by atoms with E-state index in [4.69, 9.17) is 12.2 Å². The van der Waals surface area contributed by atoms with E-state index in [1.165, 1.54) is 37.0 Å². The summed E-state index contributed by atoms with van der Waals surface area (Å²) >= 11 is 8.61. The lowest BCUT2D eigenvalue weighted by atomic mass is 9.95. The smallest absolute Gasteiger partial charge is 0.270 e. The van der Waals surface area contributed by atoms with E-state index in [0.29, 0.717) is 11.7 Å². The van der Waals surface area contributed by atoms with Gasteiger partial charge in [-0.25, -0.2) is 0 Å². The second kappa shape index (κ2) is 8.01. The van der Waals surface area contributed by atoms with Gasteiger partial charge < -0.3 is 4.57 Å². The van der Waals surface area contributed by atoms with Crippen molar-refractivity contribution in [2.45, 2.75) is 38.1 Å². The summed E-state index contributed by atoms with van der Waals surface area (Å²) in [5, 5.41) is 2.72. The molecule has 2 aliphatic rings. The SMILES string of the molecule is O=C1NC(=S)N(c2ccc(Br)cc2)C(=O)/C1=C\c1ccn(C2CCCCC2)c1. The number of thiocarbonyl (C=S) groups is 1. The third kappa shape index (κ3) is 3.82. The van der Waals surface area contributed by atoms with Crippen molar-refractivity contribution in [2.75, 3.05) is 4.90 Å². The number of benzene rings is 1. The molecule has 1 saturated heterocycles. The summed E-state index contributed by atoms with van der Waals surface area (Å²) in [6.07, 6.45) is 11.8. The van der Waals surface area contributed by atoms with Gasteiger partial charge in [-0.1, -0.05) is 35.2 Å². The van der Waals surface area contributed by atoms with E-state index in [0.717, 1.165) is 10.0 Å². The van der Waals surface area contributed by atoms with Gasteiger partial charge in [-0.3, -0.25) is 19.8 Å². The summed E-state index contributed by atoms with van der Waals surface area (Å²) in [7, 11) is 0. The van der Waals surface area contributed by atoms with E-state index in [1.54, 1.807) is 18.2 Å². The Morgan fingerprint density at radius 2 is 1.79 bits per heavy atom. The molecule has 7 heteroatoms. The van der Waals surface area contributed by atoms with Crippen LogP contribution in [0, 0.1) is 0 Å². The van der Waals surface area contributed by atoms with E-state index in [2.05, 4.69) is 25.8 Å². The predicted octanol–water partition coefficient (Wildman–Crippen LogP) is 4.59. The van der Waals surface area contributed by atoms with Crippen molar-refractivity contribution in [3.8, 4) is 0 Å². The number of anilines is 1. The molecule has 4 rings (SSSR count). The molecule has 1 aliphatic carbocycles. The van der Waals surface area contributed by atoms with Crippen molar-refractivity contribution in [3.05, 3.63) is 58.3 Å². The first-order chi connectivity index (χ1) is 13.5. The minimum Gasteiger partial charge on any atom is -0.351 e. The Balaban J connectivity index is 1.61. The molecular formula is C21H20BrN3O2S. The molecule has 2 fully saturated rings. The summed E-state index contributed by atoms with van der Waals surface area (Å²) in [4.78, 5) is 26.8. The molecule has 1 aliphatic heterocycles. The fraction of sp³-hybridized carbons (Fsp3) is 0.286. The maximum Gasteiger partial charge on any atom is 0.270 e. The van der Waals surface area contributed by atoms with Crippen molar-refractivity contribution in [2.24, 2.45) is 0 Å². The average molecular weight is 458 g/mol. The molecule has 0 radical (unpaired) electrons. The molecule has 2 heterocycles. The predicted molar refractivity (Wildman–Crippen MR) is 117 cm³/mol. The van der Waals surface area contributed by atoms with Gasteiger partial charge in [0, 0.05) is 22.9 Å². The van der Waals surface area contributed by atoms with E-state index >= 15 is 0 Å². The summed E-state index contributed by atoms with van der Waals surface area (Å²) < 4.78 is 3.10. The highest BCUT2D eigenvalue weighted by atomic mass is 79.9. The van der Waals surface area contributed by atoms with Gasteiger partial charge in [-0.2, -0.15) is 0 Å². The normalized spacial score (nSPS) is 20.0. The minimum atomic E-state index is -0.464. The Hall–Kier alpha value is -2.25. The van der Waals surface area contributed by atoms with Crippen LogP contribution in [0.15, 0.2) is 52.8 Å². The maximum absolute atomic E-state index is 13.0. The zero-order chi connectivity index (χ0) is 19.7. The first-order valence-corrected chi connectivity index (χ1v) is 10.6. The lowest BCUT2D eigenvalue weighted by molar-refractivity contribution is -0.122. The molecule has 0 atom stereocenters. The van der Waals surface area contributed by atoms with Gasteiger partial charge in [0.1, 0.15) is 5.57 Å². The van der Waals surface area contributed by atoms with Crippen molar-refractivity contribution in [3.63, 3.8) is 0 Å². The minimum absolute atomic E-state index is 0.0814. The zero-order valence-corrected chi connectivity index (χ0v) is 17.6. The topological polar surface area (TPSA) is 54.3 Å². The van der Waals surface area contributed by atoms with Gasteiger partial charge in [0.25, 0.3) is 11.8 Å². The first-order valence-electron chi connectivity index (χ1n) is 9.37. The third-order valence-electron chi connectivity index (χ3n) is 5.23. The fourth-order valence-electron chi connectivity index (χ4n) is 3.77. The monoisotopic (exact) mass is 457 g/mol. The van der Waals surface area contributed by atoms with E-state index in [-0.39, 0.29) is 10.7 Å². The number of rotatable bonds is 3. The maximum atomic E-state index is 13.0. The van der Waals surface area contributed by atoms with Crippen LogP contribution in [-0.4, -0.2) is 21.5 Å². The van der Waals surface area contributed by atoms with Crippen molar-refractivity contribution >= 4 is 56.8 Å². The fourth-order valence-corrected chi connectivity index (χ4v) is 4.32. The van der Waals surface area contributed by atoms with Crippen LogP contribution in [-0.2, 0) is 9.59 Å². The largest absolute Gasteiger partial charge is 0.351 e. The average Bonchev–Trinajstić information content (AvgIpc) is 3.16. The zero-order valence-electron chi connectivity index (χ0n) is 15.2. The number of carbonyl (C=O) groups is 2. The Bertz CT molecular complexity index is 958. The molecule has 1 saturated carbocycles. The molecule has 1 aromatic carbocycles. The summed E-state index contributed by atoms with van der Waals surface area (Å²) in [6.45, 7) is 0. The van der Waals surface area contributed by atoms with Crippen LogP contribution in [0.25, 0.3) is 6.08 Å². The molecule has 1 N–H and O–H groups in total. The highest BCUT2D eigenvalue weighted by Gasteiger charge is 2.34. The van der Waals surface area contributed by atoms with Gasteiger partial charge >= 0.3 is 0 Å². The molecule has 5 nitrogen and oxygen atoms in total. The molecular weight excluding hydrogens is 438 g/mol. The van der Waals surface area contributed by atoms with Crippen LogP contribution in [0.3, 0.4) is 0 Å².